The van der Waals surface area contributed by atoms with Crippen LogP contribution in [0, 0.1) is 11.3 Å². The fourth-order valence-corrected chi connectivity index (χ4v) is 2.35. The van der Waals surface area contributed by atoms with Gasteiger partial charge in [-0.15, -0.1) is 0 Å². The summed E-state index contributed by atoms with van der Waals surface area (Å²) in [7, 11) is 0. The van der Waals surface area contributed by atoms with E-state index in [4.69, 9.17) is 15.9 Å². The predicted molar refractivity (Wildman–Crippen MR) is 71.6 cm³/mol. The van der Waals surface area contributed by atoms with Gasteiger partial charge in [0.15, 0.2) is 0 Å². The number of nitrogens with two attached hydrogens (primary N) is 1. The Bertz CT molecular complexity index is 304. The van der Waals surface area contributed by atoms with Gasteiger partial charge in [0.05, 0.1) is 6.04 Å². The zero-order valence-electron chi connectivity index (χ0n) is 11.6. The second kappa shape index (κ2) is 6.07. The van der Waals surface area contributed by atoms with E-state index in [0.29, 0.717) is 0 Å². The number of hydrogen-bond donors (Lipinski definition) is 3. The quantitative estimate of drug-likeness (QED) is 0.534. The van der Waals surface area contributed by atoms with Gasteiger partial charge in [0.1, 0.15) is 11.4 Å². The predicted octanol–water partition coefficient (Wildman–Crippen LogP) is 2.40. The number of alkyl carbamates (subject to hydrolysis) is 1. The number of rotatable bonds is 3. The van der Waals surface area contributed by atoms with Crippen LogP contribution in [0.2, 0.25) is 0 Å². The molecule has 5 nitrogen and oxygen atoms in total. The first kappa shape index (κ1) is 14.8. The van der Waals surface area contributed by atoms with Gasteiger partial charge in [0.2, 0.25) is 0 Å². The Balaban J connectivity index is 2.57. The molecule has 0 bridgehead atoms. The summed E-state index contributed by atoms with van der Waals surface area (Å²) in [5.41, 5.74) is 5.06. The molecule has 4 N–H and O–H groups in total. The van der Waals surface area contributed by atoms with Crippen molar-refractivity contribution in [3.8, 4) is 0 Å². The number of carbonyl (C=O) groups excluding carboxylic acids is 1. The Morgan fingerprint density at radius 3 is 2.33 bits per heavy atom. The Kier molecular flexibility index (Phi) is 4.99. The van der Waals surface area contributed by atoms with Gasteiger partial charge in [-0.1, -0.05) is 19.3 Å². The van der Waals surface area contributed by atoms with E-state index in [-0.39, 0.29) is 17.8 Å². The minimum Gasteiger partial charge on any atom is -0.444 e. The van der Waals surface area contributed by atoms with Gasteiger partial charge in [-0.3, -0.25) is 5.41 Å². The maximum absolute atomic E-state index is 11.7. The molecule has 0 saturated heterocycles. The lowest BCUT2D eigenvalue weighted by atomic mass is 9.83. The molecule has 0 aromatic rings. The van der Waals surface area contributed by atoms with Gasteiger partial charge >= 0.3 is 6.09 Å². The summed E-state index contributed by atoms with van der Waals surface area (Å²) in [5.74, 6) is 0.288. The monoisotopic (exact) mass is 255 g/mol. The second-order valence-corrected chi connectivity index (χ2v) is 5.98. The number of carbonyl (C=O) groups is 1. The average Bonchev–Trinajstić information content (AvgIpc) is 2.24. The van der Waals surface area contributed by atoms with E-state index in [0.717, 1.165) is 25.7 Å². The molecule has 0 aromatic carbocycles. The molecule has 1 atom stereocenters. The number of amidine groups is 1. The van der Waals surface area contributed by atoms with Crippen molar-refractivity contribution in [2.45, 2.75) is 64.5 Å². The summed E-state index contributed by atoms with van der Waals surface area (Å²) in [5, 5.41) is 10.4. The van der Waals surface area contributed by atoms with Crippen LogP contribution in [-0.4, -0.2) is 23.6 Å². The summed E-state index contributed by atoms with van der Waals surface area (Å²) in [6.45, 7) is 5.45. The maximum Gasteiger partial charge on any atom is 0.408 e. The smallest absolute Gasteiger partial charge is 0.408 e. The molecule has 1 unspecified atom stereocenters. The molecule has 104 valence electrons. The molecule has 0 spiro atoms. The lowest BCUT2D eigenvalue weighted by Crippen LogP contribution is -2.50. The molecule has 0 aromatic heterocycles. The molecule has 1 rings (SSSR count). The molecule has 1 aliphatic rings. The normalized spacial score (nSPS) is 19.1. The van der Waals surface area contributed by atoms with Gasteiger partial charge in [0, 0.05) is 0 Å². The van der Waals surface area contributed by atoms with Crippen molar-refractivity contribution in [2.75, 3.05) is 0 Å². The fourth-order valence-electron chi connectivity index (χ4n) is 2.35. The van der Waals surface area contributed by atoms with E-state index in [1.165, 1.54) is 6.42 Å². The van der Waals surface area contributed by atoms with Gasteiger partial charge in [-0.2, -0.15) is 0 Å². The molecule has 1 amide bonds. The van der Waals surface area contributed by atoms with Crippen molar-refractivity contribution in [1.29, 1.82) is 5.41 Å². The van der Waals surface area contributed by atoms with Crippen LogP contribution in [-0.2, 0) is 4.74 Å². The largest absolute Gasteiger partial charge is 0.444 e. The zero-order chi connectivity index (χ0) is 13.8. The van der Waals surface area contributed by atoms with E-state index < -0.39 is 11.7 Å². The van der Waals surface area contributed by atoms with E-state index >= 15 is 0 Å². The first-order chi connectivity index (χ1) is 8.29. The van der Waals surface area contributed by atoms with Crippen molar-refractivity contribution in [2.24, 2.45) is 11.7 Å². The third-order valence-electron chi connectivity index (χ3n) is 3.13. The molecule has 0 aliphatic heterocycles. The van der Waals surface area contributed by atoms with Gasteiger partial charge in [-0.05, 0) is 39.5 Å². The highest BCUT2D eigenvalue weighted by Crippen LogP contribution is 2.26. The molecule has 18 heavy (non-hydrogen) atoms. The van der Waals surface area contributed by atoms with Crippen LogP contribution in [0.5, 0.6) is 0 Å². The van der Waals surface area contributed by atoms with Crippen LogP contribution in [0.25, 0.3) is 0 Å². The molecule has 5 heteroatoms. The van der Waals surface area contributed by atoms with E-state index in [2.05, 4.69) is 5.32 Å². The minimum atomic E-state index is -0.530. The fraction of sp³-hybridized carbons (Fsp3) is 0.846. The van der Waals surface area contributed by atoms with Crippen LogP contribution < -0.4 is 11.1 Å². The van der Waals surface area contributed by atoms with Crippen molar-refractivity contribution in [3.63, 3.8) is 0 Å². The third-order valence-corrected chi connectivity index (χ3v) is 3.13. The Morgan fingerprint density at radius 1 is 1.33 bits per heavy atom. The molecular formula is C13H25N3O2. The van der Waals surface area contributed by atoms with E-state index in [1.54, 1.807) is 0 Å². The molecule has 0 radical (unpaired) electrons. The molecular weight excluding hydrogens is 230 g/mol. The summed E-state index contributed by atoms with van der Waals surface area (Å²) in [4.78, 5) is 11.7. The maximum atomic E-state index is 11.7. The van der Waals surface area contributed by atoms with E-state index in [9.17, 15) is 4.79 Å². The number of amides is 1. The Morgan fingerprint density at radius 2 is 1.89 bits per heavy atom. The molecule has 1 fully saturated rings. The summed E-state index contributed by atoms with van der Waals surface area (Å²) in [6, 6.07) is -0.389. The van der Waals surface area contributed by atoms with Crippen molar-refractivity contribution >= 4 is 11.9 Å². The first-order valence-corrected chi connectivity index (χ1v) is 6.63. The molecule has 0 heterocycles. The molecule has 1 saturated carbocycles. The summed E-state index contributed by atoms with van der Waals surface area (Å²) >= 11 is 0. The van der Waals surface area contributed by atoms with Gasteiger partial charge in [-0.25, -0.2) is 4.79 Å². The number of nitrogens with one attached hydrogen (secondary N) is 2. The standard InChI is InChI=1S/C13H25N3O2/c1-13(2,3)18-12(17)16-10(11(14)15)9-7-5-4-6-8-9/h9-10H,4-8H2,1-3H3,(H3,14,15)(H,16,17). The third kappa shape index (κ3) is 4.94. The van der Waals surface area contributed by atoms with Gasteiger partial charge in [0.25, 0.3) is 0 Å². The van der Waals surface area contributed by atoms with Crippen LogP contribution in [0.1, 0.15) is 52.9 Å². The lowest BCUT2D eigenvalue weighted by molar-refractivity contribution is 0.0499. The van der Waals surface area contributed by atoms with Crippen molar-refractivity contribution < 1.29 is 9.53 Å². The summed E-state index contributed by atoms with van der Waals surface area (Å²) < 4.78 is 5.21. The lowest BCUT2D eigenvalue weighted by Gasteiger charge is -2.30. The van der Waals surface area contributed by atoms with Gasteiger partial charge < -0.3 is 15.8 Å². The van der Waals surface area contributed by atoms with Crippen LogP contribution in [0.3, 0.4) is 0 Å². The second-order valence-electron chi connectivity index (χ2n) is 5.98. The molecule has 1 aliphatic carbocycles. The topological polar surface area (TPSA) is 88.2 Å². The number of hydrogen-bond acceptors (Lipinski definition) is 3. The van der Waals surface area contributed by atoms with Crippen LogP contribution in [0.15, 0.2) is 0 Å². The van der Waals surface area contributed by atoms with Crippen molar-refractivity contribution in [3.05, 3.63) is 0 Å². The zero-order valence-corrected chi connectivity index (χ0v) is 11.6. The summed E-state index contributed by atoms with van der Waals surface area (Å²) in [6.07, 6.45) is 5.05. The minimum absolute atomic E-state index is 0.0211. The SMILES string of the molecule is CC(C)(C)OC(=O)NC(C(=N)N)C1CCCCC1. The first-order valence-electron chi connectivity index (χ1n) is 6.63. The van der Waals surface area contributed by atoms with Crippen LogP contribution >= 0.6 is 0 Å². The number of ether oxygens (including phenoxy) is 1. The van der Waals surface area contributed by atoms with Crippen molar-refractivity contribution in [1.82, 2.24) is 5.32 Å². The Labute approximate surface area is 109 Å². The highest BCUT2D eigenvalue weighted by molar-refractivity contribution is 5.86. The highest BCUT2D eigenvalue weighted by atomic mass is 16.6. The highest BCUT2D eigenvalue weighted by Gasteiger charge is 2.29. The average molecular weight is 255 g/mol. The van der Waals surface area contributed by atoms with E-state index in [1.807, 2.05) is 20.8 Å². The van der Waals surface area contributed by atoms with Crippen LogP contribution in [0.4, 0.5) is 4.79 Å². The Hall–Kier alpha value is -1.26.